The number of hydrogen-bond acceptors (Lipinski definition) is 31. The molecule has 0 radical (unpaired) electrons. The third-order valence-electron chi connectivity index (χ3n) is 19.8. The van der Waals surface area contributed by atoms with Crippen molar-refractivity contribution in [2.75, 3.05) is 54.1 Å². The highest BCUT2D eigenvalue weighted by molar-refractivity contribution is 9.10. The van der Waals surface area contributed by atoms with Crippen LogP contribution in [0.5, 0.6) is 28.7 Å². The number of aromatic carboxylic acids is 4. The molecule has 0 atom stereocenters. The van der Waals surface area contributed by atoms with E-state index in [0.717, 1.165) is 24.9 Å². The molecule has 15 rings (SSSR count). The number of esters is 3. The maximum Gasteiger partial charge on any atom is 0.341 e. The van der Waals surface area contributed by atoms with Crippen molar-refractivity contribution in [1.82, 2.24) is 9.78 Å². The van der Waals surface area contributed by atoms with Gasteiger partial charge in [0.2, 0.25) is 11.5 Å². The Labute approximate surface area is 773 Å². The number of hydrogen-bond donors (Lipinski definition) is 9. The van der Waals surface area contributed by atoms with E-state index in [1.165, 1.54) is 140 Å². The van der Waals surface area contributed by atoms with Gasteiger partial charge < -0.3 is 101 Å². The summed E-state index contributed by atoms with van der Waals surface area (Å²) in [5.41, 5.74) is 18.9. The SMILES string of the molecule is Br.COC(=O)c1cc(-c2cccc([N+](=O)[O-])c2OC)oc1C.COC(=O)c1cc(Br)oc1C.COC(=O)c1ccoc1C.COc1c(-c2cc(C(=O)O)c(C)o2)cccc1[N+](=O)[O-].COc1c(N)cccc1-c1cc(C(=O)O)c(C)o1.Cc1[nH]n(-c2ccc3c(c2)CCCC3)c(=O)c1N=Nc1cccc(-c2cc(C(=O)O)c(C)o2)c1O.Cc1oc(-c2cccc(N)c2O)cc1C(=O)O. The lowest BCUT2D eigenvalue weighted by Crippen LogP contribution is -2.15. The Morgan fingerprint density at radius 1 is 0.436 bits per heavy atom. The molecule has 41 heteroatoms. The largest absolute Gasteiger partial charge is 0.505 e. The number of nitro benzene ring substituents is 2. The number of furan rings is 7. The molecule has 0 unspecified atom stereocenters. The van der Waals surface area contributed by atoms with E-state index in [9.17, 15) is 73.9 Å². The average Bonchev–Trinajstić information content (AvgIpc) is 1.66. The smallest absolute Gasteiger partial charge is 0.341 e. The first-order chi connectivity index (χ1) is 62.7. The standard InChI is InChI=1S/C26H24N4O5.C14H13NO6.C13H11NO6.C13H13NO4.C12H11NO4.C7H7BrO3.C7H8O3.BrH/c1-14-23(25(32)30(29-14)18-11-10-16-6-3-4-7-17(16)12-18)28-27-21-9-5-8-19(24(21)31)22-13-20(26(33)34)15(2)35-22;1-8-10(14(16)20-3)7-12(21-8)9-5-4-6-11(15(17)18)13(9)19-2;1-7-9(13(15)16)6-11(20-7)8-4-3-5-10(14(17)18)12(8)19-2;1-7-9(13(15)16)6-11(18-7)8-4-3-5-10(14)12(8)17-2;1-6-8(12(15)16)5-10(17-6)7-3-2-4-9(13)11(7)14;1-4-5(7(9)10-2)3-6(8)11-4;1-5-6(3-4-10-5)7(8)9-2;/h5,8-13,29,31H,3-4,6-7H2,1-2H3,(H,33,34);4-7H,1-3H3;3-6H,1-2H3,(H,15,16);3-6H,14H2,1-2H3,(H,15,16);2-5,14H,13H2,1H3,(H,15,16);3H,1-2H3;3-4H,1-2H3;1H. The lowest BCUT2D eigenvalue weighted by molar-refractivity contribution is -0.385. The maximum absolute atomic E-state index is 13.1. The second-order valence-electron chi connectivity index (χ2n) is 28.2. The molecule has 14 aromatic rings. The molecule has 0 amide bonds. The van der Waals surface area contributed by atoms with E-state index >= 15 is 0 Å². The number of H-pyrrole nitrogens is 1. The van der Waals surface area contributed by atoms with Crippen molar-refractivity contribution in [1.29, 1.82) is 0 Å². The molecule has 0 fully saturated rings. The number of nitro groups is 2. The molecule has 6 aromatic carbocycles. The van der Waals surface area contributed by atoms with Crippen molar-refractivity contribution in [2.45, 2.75) is 81.1 Å². The van der Waals surface area contributed by atoms with Gasteiger partial charge in [-0.2, -0.15) is 0 Å². The van der Waals surface area contributed by atoms with Crippen LogP contribution in [0.2, 0.25) is 0 Å². The molecule has 696 valence electrons. The van der Waals surface area contributed by atoms with Crippen LogP contribution in [0.4, 0.5) is 34.1 Å². The lowest BCUT2D eigenvalue weighted by Gasteiger charge is -2.16. The van der Waals surface area contributed by atoms with Crippen molar-refractivity contribution in [3.05, 3.63) is 289 Å². The number of carboxylic acid groups (broad SMARTS) is 4. The Bertz CT molecular complexity index is 6760. The fraction of sp³-hybridized carbons (Fsp3) is 0.196. The Morgan fingerprint density at radius 2 is 0.805 bits per heavy atom. The number of ether oxygens (including phenoxy) is 6. The first kappa shape index (κ1) is 102. The van der Waals surface area contributed by atoms with E-state index in [1.54, 1.807) is 120 Å². The molecule has 8 heterocycles. The van der Waals surface area contributed by atoms with E-state index in [0.29, 0.717) is 89.7 Å². The third kappa shape index (κ3) is 24.1. The number of benzene rings is 6. The Balaban J connectivity index is 0.000000198. The van der Waals surface area contributed by atoms with Gasteiger partial charge in [0, 0.05) is 18.2 Å². The fourth-order valence-corrected chi connectivity index (χ4v) is 13.7. The van der Waals surface area contributed by atoms with Gasteiger partial charge in [0.15, 0.2) is 21.9 Å². The van der Waals surface area contributed by atoms with Crippen LogP contribution in [-0.2, 0) is 27.1 Å². The Morgan fingerprint density at radius 3 is 1.20 bits per heavy atom. The summed E-state index contributed by atoms with van der Waals surface area (Å²) in [4.78, 5) is 111. The zero-order valence-electron chi connectivity index (χ0n) is 73.4. The Hall–Kier alpha value is -16.5. The maximum atomic E-state index is 13.1. The highest BCUT2D eigenvalue weighted by Crippen LogP contribution is 2.44. The molecule has 1 aliphatic rings. The van der Waals surface area contributed by atoms with Crippen LogP contribution in [0, 0.1) is 75.6 Å². The number of halogens is 2. The monoisotopic (exact) mass is 1960 g/mol. The first-order valence-electron chi connectivity index (χ1n) is 39.1. The van der Waals surface area contributed by atoms with Crippen molar-refractivity contribution in [2.24, 2.45) is 10.2 Å². The van der Waals surface area contributed by atoms with Crippen LogP contribution < -0.4 is 31.2 Å². The summed E-state index contributed by atoms with van der Waals surface area (Å²) in [7, 11) is 8.09. The number of aromatic nitrogens is 2. The number of anilines is 2. The highest BCUT2D eigenvalue weighted by Gasteiger charge is 2.29. The van der Waals surface area contributed by atoms with Crippen molar-refractivity contribution in [3.8, 4) is 91.1 Å². The molecule has 0 saturated carbocycles. The molecular weight excluding hydrogens is 1870 g/mol. The van der Waals surface area contributed by atoms with Gasteiger partial charge >= 0.3 is 53.2 Å². The molecule has 0 bridgehead atoms. The fourth-order valence-electron chi connectivity index (χ4n) is 13.2. The number of carbonyl (C=O) groups excluding carboxylic acids is 3. The number of nitrogens with one attached hydrogen (secondary N) is 1. The van der Waals surface area contributed by atoms with Gasteiger partial charge in [0.1, 0.15) is 120 Å². The first-order valence-corrected chi connectivity index (χ1v) is 39.8. The second-order valence-corrected chi connectivity index (χ2v) is 29.0. The van der Waals surface area contributed by atoms with Crippen LogP contribution in [0.25, 0.3) is 62.3 Å². The molecule has 0 aliphatic heterocycles. The number of rotatable bonds is 20. The quantitative estimate of drug-likeness (QED) is 0.00651. The molecule has 11 N–H and O–H groups in total. The number of nitrogens with two attached hydrogens (primary N) is 2. The number of methoxy groups -OCH3 is 6. The summed E-state index contributed by atoms with van der Waals surface area (Å²) in [6.07, 6.45) is 5.86. The summed E-state index contributed by atoms with van der Waals surface area (Å²) >= 11 is 3.11. The number of phenolic OH excluding ortho intramolecular Hbond substituents is 2. The number of carboxylic acids is 4. The van der Waals surface area contributed by atoms with Crippen molar-refractivity contribution < 1.29 is 133 Å². The van der Waals surface area contributed by atoms with Gasteiger partial charge in [0.25, 0.3) is 5.56 Å². The summed E-state index contributed by atoms with van der Waals surface area (Å²) in [6.45, 7) is 13.0. The molecule has 1 aliphatic carbocycles. The third-order valence-corrected chi connectivity index (χ3v) is 20.2. The minimum absolute atomic E-state index is 0. The summed E-state index contributed by atoms with van der Waals surface area (Å²) in [5, 5.41) is 89.9. The number of fused-ring (bicyclic) bond motifs is 1. The number of nitrogens with zero attached hydrogens (tertiary/aromatic N) is 5. The second kappa shape index (κ2) is 45.5. The molecular formula is C92H88Br2N8O31. The van der Waals surface area contributed by atoms with E-state index in [4.69, 9.17) is 71.9 Å². The highest BCUT2D eigenvalue weighted by atomic mass is 79.9. The normalized spacial score (nSPS) is 10.9. The summed E-state index contributed by atoms with van der Waals surface area (Å²) in [6, 6.07) is 39.8. The number of aromatic amines is 1. The number of aromatic hydroxyl groups is 2. The topological polar surface area (TPSA) is 589 Å². The van der Waals surface area contributed by atoms with Gasteiger partial charge in [-0.3, -0.25) is 30.1 Å². The number of carbonyl (C=O) groups is 7. The molecule has 39 nitrogen and oxygen atoms in total. The lowest BCUT2D eigenvalue weighted by atomic mass is 9.91. The Kier molecular flexibility index (Phi) is 34.9. The summed E-state index contributed by atoms with van der Waals surface area (Å²) < 4.78 is 68.1. The van der Waals surface area contributed by atoms with Crippen LogP contribution in [0.3, 0.4) is 0 Å². The zero-order chi connectivity index (χ0) is 97.0. The zero-order valence-corrected chi connectivity index (χ0v) is 76.7. The van der Waals surface area contributed by atoms with Crippen LogP contribution >= 0.6 is 32.9 Å². The van der Waals surface area contributed by atoms with Gasteiger partial charge in [-0.1, -0.05) is 36.4 Å². The van der Waals surface area contributed by atoms with E-state index in [1.807, 2.05) is 12.1 Å². The minimum atomic E-state index is -1.12. The van der Waals surface area contributed by atoms with Crippen LogP contribution in [-0.4, -0.2) is 135 Å². The number of aryl methyl sites for hydroxylation is 10. The van der Waals surface area contributed by atoms with Crippen molar-refractivity contribution in [3.63, 3.8) is 0 Å². The van der Waals surface area contributed by atoms with E-state index in [-0.39, 0.29) is 154 Å². The predicted octanol–water partition coefficient (Wildman–Crippen LogP) is 20.4. The molecule has 0 spiro atoms. The van der Waals surface area contributed by atoms with Crippen molar-refractivity contribution >= 4 is 109 Å². The molecule has 133 heavy (non-hydrogen) atoms. The predicted molar refractivity (Wildman–Crippen MR) is 488 cm³/mol. The number of nitrogen functional groups attached to an aromatic ring is 2. The molecule has 0 saturated heterocycles. The number of para-hydroxylation sites is 5. The van der Waals surface area contributed by atoms with Gasteiger partial charge in [0.05, 0.1) is 109 Å². The average molecular weight is 1960 g/mol. The van der Waals surface area contributed by atoms with Gasteiger partial charge in [-0.15, -0.1) is 27.2 Å². The van der Waals surface area contributed by atoms with Gasteiger partial charge in [-0.25, -0.2) is 38.2 Å². The number of azo groups is 1. The number of phenols is 2. The minimum Gasteiger partial charge on any atom is -0.505 e. The van der Waals surface area contributed by atoms with Gasteiger partial charge in [-0.05, 0) is 205 Å². The van der Waals surface area contributed by atoms with Crippen LogP contribution in [0.1, 0.15) is 142 Å². The summed E-state index contributed by atoms with van der Waals surface area (Å²) in [5.74, 6) is -1.35. The van der Waals surface area contributed by atoms with E-state index in [2.05, 4.69) is 51.5 Å². The van der Waals surface area contributed by atoms with E-state index < -0.39 is 39.7 Å². The molecule has 8 aromatic heterocycles. The van der Waals surface area contributed by atoms with Crippen LogP contribution in [0.15, 0.2) is 209 Å².